The number of hydrogen-bond acceptors (Lipinski definition) is 6. The molecule has 1 atom stereocenters. The lowest BCUT2D eigenvalue weighted by Gasteiger charge is -2.23. The van der Waals surface area contributed by atoms with Crippen LogP contribution in [0.2, 0.25) is 0 Å². The molecule has 2 heterocycles. The average Bonchev–Trinajstić information content (AvgIpc) is 3.36. The second-order valence-electron chi connectivity index (χ2n) is 8.34. The van der Waals surface area contributed by atoms with Gasteiger partial charge < -0.3 is 9.84 Å². The molecule has 8 heteroatoms. The van der Waals surface area contributed by atoms with Crippen molar-refractivity contribution in [1.82, 2.24) is 4.98 Å². The molecule has 0 spiro atoms. The number of ketones is 1. The van der Waals surface area contributed by atoms with Gasteiger partial charge in [-0.3, -0.25) is 14.5 Å². The third kappa shape index (κ3) is 3.76. The van der Waals surface area contributed by atoms with Crippen LogP contribution in [-0.2, 0) is 9.59 Å². The Kier molecular flexibility index (Phi) is 5.61. The van der Waals surface area contributed by atoms with E-state index in [0.717, 1.165) is 15.8 Å². The molecule has 1 aliphatic rings. The first-order chi connectivity index (χ1) is 16.8. The van der Waals surface area contributed by atoms with Crippen LogP contribution in [0.5, 0.6) is 5.75 Å². The number of carbonyl (C=O) groups is 2. The van der Waals surface area contributed by atoms with Crippen molar-refractivity contribution < 1.29 is 23.8 Å². The fraction of sp³-hybridized carbons (Fsp3) is 0.148. The molecule has 0 unspecified atom stereocenters. The lowest BCUT2D eigenvalue weighted by Crippen LogP contribution is -2.29. The molecule has 3 aromatic carbocycles. The first kappa shape index (κ1) is 22.7. The number of amides is 1. The number of rotatable bonds is 4. The number of carbonyl (C=O) groups excluding carboxylic acids is 2. The zero-order chi connectivity index (χ0) is 24.9. The third-order valence-corrected chi connectivity index (χ3v) is 7.07. The molecule has 0 saturated carbocycles. The van der Waals surface area contributed by atoms with Crippen molar-refractivity contribution >= 4 is 44.1 Å². The Morgan fingerprint density at radius 1 is 1.09 bits per heavy atom. The summed E-state index contributed by atoms with van der Waals surface area (Å²) in [6.45, 7) is 3.74. The van der Waals surface area contributed by atoms with Crippen molar-refractivity contribution in [2.75, 3.05) is 12.0 Å². The van der Waals surface area contributed by atoms with E-state index in [2.05, 4.69) is 4.98 Å². The van der Waals surface area contributed by atoms with E-state index in [9.17, 15) is 14.7 Å². The number of aromatic nitrogens is 1. The summed E-state index contributed by atoms with van der Waals surface area (Å²) in [5.41, 5.74) is 2.64. The van der Waals surface area contributed by atoms with E-state index in [4.69, 9.17) is 4.74 Å². The maximum absolute atomic E-state index is 15.1. The maximum Gasteiger partial charge on any atom is 0.301 e. The number of aliphatic hydroxyl groups excluding tert-OH is 1. The van der Waals surface area contributed by atoms with Crippen LogP contribution in [0.4, 0.5) is 9.52 Å². The second kappa shape index (κ2) is 8.63. The number of hydrogen-bond donors (Lipinski definition) is 1. The van der Waals surface area contributed by atoms with E-state index in [1.165, 1.54) is 41.5 Å². The summed E-state index contributed by atoms with van der Waals surface area (Å²) in [5.74, 6) is -2.15. The van der Waals surface area contributed by atoms with Gasteiger partial charge in [0.15, 0.2) is 5.13 Å². The number of thiazole rings is 1. The molecule has 35 heavy (non-hydrogen) atoms. The Morgan fingerprint density at radius 3 is 2.57 bits per heavy atom. The van der Waals surface area contributed by atoms with Crippen LogP contribution in [0.25, 0.3) is 16.0 Å². The molecule has 6 nitrogen and oxygen atoms in total. The van der Waals surface area contributed by atoms with Gasteiger partial charge in [-0.15, -0.1) is 0 Å². The number of nitrogens with zero attached hydrogens (tertiary/aromatic N) is 2. The van der Waals surface area contributed by atoms with E-state index in [0.29, 0.717) is 16.8 Å². The largest absolute Gasteiger partial charge is 0.507 e. The molecule has 4 aromatic rings. The Balaban J connectivity index is 1.74. The van der Waals surface area contributed by atoms with Crippen molar-refractivity contribution in [3.63, 3.8) is 0 Å². The van der Waals surface area contributed by atoms with Gasteiger partial charge in [-0.25, -0.2) is 9.37 Å². The fourth-order valence-corrected chi connectivity index (χ4v) is 5.42. The van der Waals surface area contributed by atoms with Crippen molar-refractivity contribution in [2.45, 2.75) is 19.9 Å². The van der Waals surface area contributed by atoms with Crippen LogP contribution in [-0.4, -0.2) is 28.9 Å². The van der Waals surface area contributed by atoms with Crippen LogP contribution in [0.15, 0.2) is 66.2 Å². The van der Waals surface area contributed by atoms with Gasteiger partial charge in [0, 0.05) is 11.1 Å². The molecule has 1 aliphatic heterocycles. The van der Waals surface area contributed by atoms with E-state index in [1.807, 2.05) is 25.1 Å². The summed E-state index contributed by atoms with van der Waals surface area (Å²) < 4.78 is 21.2. The van der Waals surface area contributed by atoms with Gasteiger partial charge in [-0.2, -0.15) is 0 Å². The number of aryl methyl sites for hydroxylation is 2. The minimum absolute atomic E-state index is 0.0916. The first-order valence-corrected chi connectivity index (χ1v) is 11.7. The summed E-state index contributed by atoms with van der Waals surface area (Å²) in [4.78, 5) is 32.4. The van der Waals surface area contributed by atoms with Gasteiger partial charge in [0.2, 0.25) is 0 Å². The van der Waals surface area contributed by atoms with Gasteiger partial charge in [0.25, 0.3) is 5.78 Å². The van der Waals surface area contributed by atoms with Gasteiger partial charge >= 0.3 is 5.91 Å². The lowest BCUT2D eigenvalue weighted by atomic mass is 9.94. The SMILES string of the molecule is COc1ccc(C(O)=C2C(=O)C(=O)N(c3nc4ccc(C)cc4s3)[C@@H]2c2ccccc2F)cc1C. The summed E-state index contributed by atoms with van der Waals surface area (Å²) in [7, 11) is 1.53. The third-order valence-electron chi connectivity index (χ3n) is 6.05. The fourth-order valence-electron chi connectivity index (χ4n) is 4.32. The number of methoxy groups -OCH3 is 1. The van der Waals surface area contributed by atoms with Crippen molar-refractivity contribution in [3.05, 3.63) is 94.3 Å². The van der Waals surface area contributed by atoms with E-state index in [1.54, 1.807) is 31.2 Å². The molecule has 0 aliphatic carbocycles. The van der Waals surface area contributed by atoms with Crippen LogP contribution in [0, 0.1) is 19.7 Å². The maximum atomic E-state index is 15.1. The van der Waals surface area contributed by atoms with E-state index >= 15 is 4.39 Å². The average molecular weight is 489 g/mol. The van der Waals surface area contributed by atoms with Crippen LogP contribution in [0.3, 0.4) is 0 Å². The summed E-state index contributed by atoms with van der Waals surface area (Å²) in [6, 6.07) is 15.3. The molecule has 1 fully saturated rings. The van der Waals surface area contributed by atoms with Crippen molar-refractivity contribution in [1.29, 1.82) is 0 Å². The summed E-state index contributed by atoms with van der Waals surface area (Å²) >= 11 is 1.23. The molecular weight excluding hydrogens is 467 g/mol. The minimum atomic E-state index is -1.18. The number of anilines is 1. The molecular formula is C27H21FN2O4S. The highest BCUT2D eigenvalue weighted by atomic mass is 32.1. The predicted octanol–water partition coefficient (Wildman–Crippen LogP) is 5.69. The van der Waals surface area contributed by atoms with E-state index in [-0.39, 0.29) is 22.0 Å². The molecule has 0 radical (unpaired) electrons. The number of ether oxygens (including phenoxy) is 1. The number of halogens is 1. The first-order valence-electron chi connectivity index (χ1n) is 10.9. The van der Waals surface area contributed by atoms with Gasteiger partial charge in [-0.1, -0.05) is 35.6 Å². The molecule has 1 saturated heterocycles. The standard InChI is InChI=1S/C27H21FN2O4S/c1-14-8-10-19-21(12-14)35-27(29-19)30-23(17-6-4-5-7-18(17)28)22(25(32)26(30)33)24(31)16-9-11-20(34-3)15(2)13-16/h4-13,23,31H,1-3H3/t23-/m1/s1. The normalized spacial score (nSPS) is 17.4. The zero-order valence-electron chi connectivity index (χ0n) is 19.2. The number of aliphatic hydroxyl groups is 1. The minimum Gasteiger partial charge on any atom is -0.507 e. The topological polar surface area (TPSA) is 79.7 Å². The van der Waals surface area contributed by atoms with Crippen LogP contribution in [0.1, 0.15) is 28.3 Å². The van der Waals surface area contributed by atoms with Crippen molar-refractivity contribution in [2.24, 2.45) is 0 Å². The highest BCUT2D eigenvalue weighted by molar-refractivity contribution is 7.22. The number of Topliss-reactive ketones (excluding diaryl/α,β-unsaturated/α-hetero) is 1. The Bertz CT molecular complexity index is 1540. The highest BCUT2D eigenvalue weighted by Gasteiger charge is 2.49. The lowest BCUT2D eigenvalue weighted by molar-refractivity contribution is -0.132. The number of fused-ring (bicyclic) bond motifs is 1. The highest BCUT2D eigenvalue weighted by Crippen LogP contribution is 2.45. The van der Waals surface area contributed by atoms with Gasteiger partial charge in [0.05, 0.1) is 22.9 Å². The van der Waals surface area contributed by atoms with Gasteiger partial charge in [0.1, 0.15) is 23.4 Å². The molecule has 176 valence electrons. The molecule has 5 rings (SSSR count). The molecule has 1 amide bonds. The quantitative estimate of drug-likeness (QED) is 0.227. The summed E-state index contributed by atoms with van der Waals surface area (Å²) in [6.07, 6.45) is 0. The Morgan fingerprint density at radius 2 is 1.86 bits per heavy atom. The zero-order valence-corrected chi connectivity index (χ0v) is 20.0. The monoisotopic (exact) mass is 488 g/mol. The Hall–Kier alpha value is -4.04. The Labute approximate surface area is 204 Å². The van der Waals surface area contributed by atoms with Crippen LogP contribution < -0.4 is 9.64 Å². The second-order valence-corrected chi connectivity index (χ2v) is 9.35. The van der Waals surface area contributed by atoms with Gasteiger partial charge in [-0.05, 0) is 61.4 Å². The van der Waals surface area contributed by atoms with E-state index < -0.39 is 23.5 Å². The molecule has 1 aromatic heterocycles. The number of benzene rings is 3. The molecule has 0 bridgehead atoms. The van der Waals surface area contributed by atoms with Crippen molar-refractivity contribution in [3.8, 4) is 5.75 Å². The smallest absolute Gasteiger partial charge is 0.301 e. The predicted molar refractivity (Wildman–Crippen MR) is 133 cm³/mol. The molecule has 1 N–H and O–H groups in total. The van der Waals surface area contributed by atoms with Crippen LogP contribution >= 0.6 is 11.3 Å². The summed E-state index contributed by atoms with van der Waals surface area (Å²) in [5, 5.41) is 11.5.